The number of hydrogen-bond donors (Lipinski definition) is 3. The van der Waals surface area contributed by atoms with Gasteiger partial charge in [0.15, 0.2) is 17.3 Å². The summed E-state index contributed by atoms with van der Waals surface area (Å²) in [6.07, 6.45) is 0.842. The number of rotatable bonds is 6. The van der Waals surface area contributed by atoms with Crippen LogP contribution in [0.5, 0.6) is 11.5 Å². The number of nitrogens with one attached hydrogen (secondary N) is 1. The van der Waals surface area contributed by atoms with Gasteiger partial charge in [-0.1, -0.05) is 30.3 Å². The quantitative estimate of drug-likeness (QED) is 0.565. The molecule has 4 nitrogen and oxygen atoms in total. The number of carbonyl (C=O) groups excluding carboxylic acids is 1. The number of Topliss-reactive ketones (excluding diaryl/α,β-unsaturated/α-hetero) is 1. The normalized spacial score (nSPS) is 11.5. The average molecular weight is 322 g/mol. The predicted octanol–water partition coefficient (Wildman–Crippen LogP) is 2.92. The zero-order valence-electron chi connectivity index (χ0n) is 12.3. The fourth-order valence-corrected chi connectivity index (χ4v) is 2.11. The summed E-state index contributed by atoms with van der Waals surface area (Å²) >= 11 is 0. The standard InChI is InChI=1S/C17H19NO3.ClH/c1-12(9-13-5-3-2-4-6-13)18-11-17(21)14-7-8-15(19)16(20)10-14;/h2-8,10,12,18-20H,9,11H2,1H3;1H. The highest BCUT2D eigenvalue weighted by molar-refractivity contribution is 5.98. The minimum atomic E-state index is -0.279. The molecule has 0 bridgehead atoms. The van der Waals surface area contributed by atoms with Crippen molar-refractivity contribution in [2.24, 2.45) is 0 Å². The molecule has 0 spiro atoms. The van der Waals surface area contributed by atoms with E-state index in [0.717, 1.165) is 6.42 Å². The lowest BCUT2D eigenvalue weighted by atomic mass is 10.1. The Morgan fingerprint density at radius 1 is 1.09 bits per heavy atom. The van der Waals surface area contributed by atoms with E-state index in [-0.39, 0.29) is 42.3 Å². The summed E-state index contributed by atoms with van der Waals surface area (Å²) in [4.78, 5) is 12.0. The summed E-state index contributed by atoms with van der Waals surface area (Å²) in [5, 5.41) is 21.8. The molecule has 0 aliphatic heterocycles. The molecule has 0 saturated heterocycles. The van der Waals surface area contributed by atoms with Crippen LogP contribution in [0.15, 0.2) is 48.5 Å². The summed E-state index contributed by atoms with van der Waals surface area (Å²) in [5.41, 5.74) is 1.59. The fraction of sp³-hybridized carbons (Fsp3) is 0.235. The molecule has 1 unspecified atom stereocenters. The molecule has 3 N–H and O–H groups in total. The molecule has 0 aliphatic rings. The average Bonchev–Trinajstić information content (AvgIpc) is 2.48. The summed E-state index contributed by atoms with van der Waals surface area (Å²) in [6, 6.07) is 14.3. The van der Waals surface area contributed by atoms with E-state index in [1.165, 1.54) is 23.8 Å². The Kier molecular flexibility index (Phi) is 6.89. The van der Waals surface area contributed by atoms with Crippen molar-refractivity contribution in [3.8, 4) is 11.5 Å². The molecule has 2 aromatic carbocycles. The topological polar surface area (TPSA) is 69.6 Å². The molecule has 0 amide bonds. The highest BCUT2D eigenvalue weighted by Gasteiger charge is 2.10. The molecule has 5 heteroatoms. The van der Waals surface area contributed by atoms with Gasteiger partial charge in [0.05, 0.1) is 6.54 Å². The van der Waals surface area contributed by atoms with Gasteiger partial charge in [0, 0.05) is 11.6 Å². The Bertz CT molecular complexity index is 617. The highest BCUT2D eigenvalue weighted by Crippen LogP contribution is 2.24. The van der Waals surface area contributed by atoms with Crippen LogP contribution in [0.3, 0.4) is 0 Å². The van der Waals surface area contributed by atoms with Gasteiger partial charge in [-0.25, -0.2) is 0 Å². The highest BCUT2D eigenvalue weighted by atomic mass is 35.5. The van der Waals surface area contributed by atoms with Gasteiger partial charge in [-0.3, -0.25) is 4.79 Å². The van der Waals surface area contributed by atoms with Crippen LogP contribution < -0.4 is 5.32 Å². The molecule has 22 heavy (non-hydrogen) atoms. The lowest BCUT2D eigenvalue weighted by molar-refractivity contribution is 0.0987. The summed E-state index contributed by atoms with van der Waals surface area (Å²) < 4.78 is 0. The maximum absolute atomic E-state index is 12.0. The van der Waals surface area contributed by atoms with Crippen molar-refractivity contribution in [1.29, 1.82) is 0 Å². The molecule has 0 radical (unpaired) electrons. The van der Waals surface area contributed by atoms with E-state index < -0.39 is 0 Å². The first-order chi connectivity index (χ1) is 10.1. The molecule has 118 valence electrons. The Labute approximate surface area is 136 Å². The third-order valence-corrected chi connectivity index (χ3v) is 3.29. The van der Waals surface area contributed by atoms with Crippen molar-refractivity contribution in [3.63, 3.8) is 0 Å². The van der Waals surface area contributed by atoms with Crippen LogP contribution in [0.4, 0.5) is 0 Å². The molecule has 0 saturated carbocycles. The van der Waals surface area contributed by atoms with E-state index in [0.29, 0.717) is 5.56 Å². The van der Waals surface area contributed by atoms with Gasteiger partial charge < -0.3 is 15.5 Å². The van der Waals surface area contributed by atoms with Gasteiger partial charge in [0.1, 0.15) is 0 Å². The van der Waals surface area contributed by atoms with Crippen molar-refractivity contribution < 1.29 is 15.0 Å². The number of benzene rings is 2. The smallest absolute Gasteiger partial charge is 0.176 e. The summed E-state index contributed by atoms with van der Waals surface area (Å²) in [5.74, 6) is -0.625. The first-order valence-electron chi connectivity index (χ1n) is 6.88. The Hall–Kier alpha value is -2.04. The van der Waals surface area contributed by atoms with Crippen LogP contribution in [0.25, 0.3) is 0 Å². The first kappa shape index (κ1) is 18.0. The van der Waals surface area contributed by atoms with E-state index in [1.807, 2.05) is 25.1 Å². The number of phenolic OH excluding ortho intramolecular Hbond substituents is 2. The number of ketones is 1. The third kappa shape index (κ3) is 5.06. The number of aromatic hydroxyl groups is 2. The summed E-state index contributed by atoms with van der Waals surface area (Å²) in [6.45, 7) is 2.22. The van der Waals surface area contributed by atoms with E-state index in [2.05, 4.69) is 17.4 Å². The monoisotopic (exact) mass is 321 g/mol. The van der Waals surface area contributed by atoms with Crippen molar-refractivity contribution in [2.45, 2.75) is 19.4 Å². The van der Waals surface area contributed by atoms with Crippen molar-refractivity contribution in [3.05, 3.63) is 59.7 Å². The minimum Gasteiger partial charge on any atom is -0.504 e. The maximum Gasteiger partial charge on any atom is 0.176 e. The molecule has 1 atom stereocenters. The van der Waals surface area contributed by atoms with E-state index in [1.54, 1.807) is 0 Å². The summed E-state index contributed by atoms with van der Waals surface area (Å²) in [7, 11) is 0. The first-order valence-corrected chi connectivity index (χ1v) is 6.88. The van der Waals surface area contributed by atoms with Gasteiger partial charge in [-0.15, -0.1) is 12.4 Å². The molecule has 0 aromatic heterocycles. The van der Waals surface area contributed by atoms with Crippen molar-refractivity contribution in [2.75, 3.05) is 6.54 Å². The second-order valence-corrected chi connectivity index (χ2v) is 5.10. The Morgan fingerprint density at radius 2 is 1.77 bits per heavy atom. The number of hydrogen-bond acceptors (Lipinski definition) is 4. The SMILES string of the molecule is CC(Cc1ccccc1)NCC(=O)c1ccc(O)c(O)c1.Cl. The van der Waals surface area contributed by atoms with Crippen LogP contribution in [-0.2, 0) is 6.42 Å². The van der Waals surface area contributed by atoms with Gasteiger partial charge in [0.25, 0.3) is 0 Å². The number of phenols is 2. The number of carbonyl (C=O) groups is 1. The zero-order valence-corrected chi connectivity index (χ0v) is 13.1. The van der Waals surface area contributed by atoms with Crippen LogP contribution >= 0.6 is 12.4 Å². The second kappa shape index (κ2) is 8.41. The fourth-order valence-electron chi connectivity index (χ4n) is 2.11. The maximum atomic E-state index is 12.0. The van der Waals surface area contributed by atoms with Gasteiger partial charge >= 0.3 is 0 Å². The van der Waals surface area contributed by atoms with Gasteiger partial charge in [0.2, 0.25) is 0 Å². The van der Waals surface area contributed by atoms with E-state index >= 15 is 0 Å². The third-order valence-electron chi connectivity index (χ3n) is 3.29. The molecule has 0 aliphatic carbocycles. The minimum absolute atomic E-state index is 0. The molecule has 0 heterocycles. The molecule has 0 fully saturated rings. The molecular formula is C17H20ClNO3. The second-order valence-electron chi connectivity index (χ2n) is 5.10. The lowest BCUT2D eigenvalue weighted by Gasteiger charge is -2.13. The molecule has 2 rings (SSSR count). The zero-order chi connectivity index (χ0) is 15.2. The molecule has 2 aromatic rings. The van der Waals surface area contributed by atoms with Crippen LogP contribution in [0.2, 0.25) is 0 Å². The van der Waals surface area contributed by atoms with Gasteiger partial charge in [-0.05, 0) is 37.1 Å². The van der Waals surface area contributed by atoms with E-state index in [4.69, 9.17) is 0 Å². The number of halogens is 1. The largest absolute Gasteiger partial charge is 0.504 e. The van der Waals surface area contributed by atoms with Crippen LogP contribution in [-0.4, -0.2) is 28.6 Å². The molecular weight excluding hydrogens is 302 g/mol. The van der Waals surface area contributed by atoms with E-state index in [9.17, 15) is 15.0 Å². The van der Waals surface area contributed by atoms with Crippen LogP contribution in [0, 0.1) is 0 Å². The van der Waals surface area contributed by atoms with Crippen molar-refractivity contribution in [1.82, 2.24) is 5.32 Å². The van der Waals surface area contributed by atoms with Crippen LogP contribution in [0.1, 0.15) is 22.8 Å². The Morgan fingerprint density at radius 3 is 2.41 bits per heavy atom. The lowest BCUT2D eigenvalue weighted by Crippen LogP contribution is -2.33. The van der Waals surface area contributed by atoms with Crippen molar-refractivity contribution >= 4 is 18.2 Å². The predicted molar refractivity (Wildman–Crippen MR) is 89.0 cm³/mol. The Balaban J connectivity index is 0.00000242. The van der Waals surface area contributed by atoms with Gasteiger partial charge in [-0.2, -0.15) is 0 Å².